The van der Waals surface area contributed by atoms with Gasteiger partial charge in [0.1, 0.15) is 0 Å². The first kappa shape index (κ1) is 15.5. The molecule has 92 valence electrons. The Kier molecular flexibility index (Phi) is 7.13. The van der Waals surface area contributed by atoms with Crippen LogP contribution in [0, 0.1) is 0 Å². The number of hydrogen-bond acceptors (Lipinski definition) is 3. The molecule has 0 radical (unpaired) electrons. The molecule has 0 aromatic rings. The van der Waals surface area contributed by atoms with Crippen molar-refractivity contribution in [3.63, 3.8) is 0 Å². The molecule has 15 heavy (non-hydrogen) atoms. The van der Waals surface area contributed by atoms with Crippen molar-refractivity contribution in [3.8, 4) is 0 Å². The van der Waals surface area contributed by atoms with Crippen LogP contribution in [0.4, 0.5) is 0 Å². The lowest BCUT2D eigenvalue weighted by atomic mass is 9.97. The van der Waals surface area contributed by atoms with Gasteiger partial charge in [0.2, 0.25) is 0 Å². The number of aliphatic hydroxyl groups is 1. The summed E-state index contributed by atoms with van der Waals surface area (Å²) in [4.78, 5) is 2.46. The molecular formula is C10H22Cl2N2O. The fraction of sp³-hybridized carbons (Fsp3) is 1.00. The van der Waals surface area contributed by atoms with Gasteiger partial charge in [-0.25, -0.2) is 0 Å². The molecule has 2 heterocycles. The largest absolute Gasteiger partial charge is 0.392 e. The third-order valence-corrected chi connectivity index (χ3v) is 3.24. The number of aliphatic hydroxyl groups excluding tert-OH is 1. The van der Waals surface area contributed by atoms with E-state index in [-0.39, 0.29) is 30.9 Å². The van der Waals surface area contributed by atoms with Crippen LogP contribution in [0.3, 0.4) is 0 Å². The molecule has 2 unspecified atom stereocenters. The topological polar surface area (TPSA) is 35.5 Å². The number of halogens is 2. The average molecular weight is 257 g/mol. The molecule has 0 spiro atoms. The summed E-state index contributed by atoms with van der Waals surface area (Å²) in [5.41, 5.74) is 0. The van der Waals surface area contributed by atoms with Crippen LogP contribution < -0.4 is 5.32 Å². The van der Waals surface area contributed by atoms with E-state index >= 15 is 0 Å². The predicted octanol–water partition coefficient (Wildman–Crippen LogP) is 1.04. The minimum Gasteiger partial charge on any atom is -0.392 e. The van der Waals surface area contributed by atoms with Gasteiger partial charge >= 0.3 is 0 Å². The van der Waals surface area contributed by atoms with E-state index in [0.717, 1.165) is 13.1 Å². The third-order valence-electron chi connectivity index (χ3n) is 3.24. The number of rotatable bonds is 2. The first-order valence-corrected chi connectivity index (χ1v) is 5.43. The number of nitrogens with zero attached hydrogens (tertiary/aromatic N) is 1. The zero-order chi connectivity index (χ0) is 9.26. The second-order valence-corrected chi connectivity index (χ2v) is 4.40. The van der Waals surface area contributed by atoms with E-state index in [1.54, 1.807) is 0 Å². The van der Waals surface area contributed by atoms with Crippen molar-refractivity contribution in [1.82, 2.24) is 10.2 Å². The summed E-state index contributed by atoms with van der Waals surface area (Å²) in [5.74, 6) is 0. The highest BCUT2D eigenvalue weighted by Gasteiger charge is 2.34. The molecule has 3 nitrogen and oxygen atoms in total. The predicted molar refractivity (Wildman–Crippen MR) is 67.2 cm³/mol. The summed E-state index contributed by atoms with van der Waals surface area (Å²) in [6.07, 6.45) is 3.68. The molecule has 2 saturated heterocycles. The van der Waals surface area contributed by atoms with Crippen molar-refractivity contribution in [2.45, 2.75) is 44.4 Å². The SMILES string of the molecule is C[C@@H](O)CN1CCCC2NCCC21.Cl.Cl. The Labute approximate surface area is 104 Å². The molecule has 2 aliphatic heterocycles. The van der Waals surface area contributed by atoms with Gasteiger partial charge in [-0.05, 0) is 39.3 Å². The van der Waals surface area contributed by atoms with Crippen LogP contribution in [0.1, 0.15) is 26.2 Å². The van der Waals surface area contributed by atoms with Gasteiger partial charge in [0.15, 0.2) is 0 Å². The molecule has 2 N–H and O–H groups in total. The highest BCUT2D eigenvalue weighted by Crippen LogP contribution is 2.24. The van der Waals surface area contributed by atoms with E-state index in [9.17, 15) is 5.11 Å². The second kappa shape index (κ2) is 6.92. The highest BCUT2D eigenvalue weighted by molar-refractivity contribution is 5.85. The summed E-state index contributed by atoms with van der Waals surface area (Å²) in [6.45, 7) is 5.06. The smallest absolute Gasteiger partial charge is 0.0639 e. The Bertz CT molecular complexity index is 181. The highest BCUT2D eigenvalue weighted by atomic mass is 35.5. The molecule has 2 rings (SSSR count). The minimum atomic E-state index is -0.181. The molecule has 0 amide bonds. The van der Waals surface area contributed by atoms with Crippen molar-refractivity contribution < 1.29 is 5.11 Å². The second-order valence-electron chi connectivity index (χ2n) is 4.40. The Morgan fingerprint density at radius 2 is 2.13 bits per heavy atom. The molecule has 3 atom stereocenters. The fourth-order valence-electron chi connectivity index (χ4n) is 2.73. The number of likely N-dealkylation sites (tertiary alicyclic amines) is 1. The normalized spacial score (nSPS) is 32.4. The van der Waals surface area contributed by atoms with Gasteiger partial charge in [-0.2, -0.15) is 0 Å². The third kappa shape index (κ3) is 3.75. The first-order chi connectivity index (χ1) is 6.27. The van der Waals surface area contributed by atoms with Crippen LogP contribution in [-0.2, 0) is 0 Å². The standard InChI is InChI=1S/C10H20N2O.2ClH/c1-8(13)7-12-6-2-3-9-10(12)4-5-11-9;;/h8-11,13H,2-7H2,1H3;2*1H/t8-,9?,10?;;/m1../s1. The van der Waals surface area contributed by atoms with Gasteiger partial charge in [0.25, 0.3) is 0 Å². The van der Waals surface area contributed by atoms with Crippen LogP contribution >= 0.6 is 24.8 Å². The lowest BCUT2D eigenvalue weighted by molar-refractivity contribution is 0.0726. The van der Waals surface area contributed by atoms with Gasteiger partial charge in [-0.15, -0.1) is 24.8 Å². The maximum atomic E-state index is 9.36. The maximum Gasteiger partial charge on any atom is 0.0639 e. The molecule has 2 aliphatic rings. The van der Waals surface area contributed by atoms with Gasteiger partial charge in [-0.3, -0.25) is 4.90 Å². The minimum absolute atomic E-state index is 0. The lowest BCUT2D eigenvalue weighted by Crippen LogP contribution is -2.50. The van der Waals surface area contributed by atoms with Crippen molar-refractivity contribution >= 4 is 24.8 Å². The van der Waals surface area contributed by atoms with E-state index in [4.69, 9.17) is 0 Å². The Morgan fingerprint density at radius 3 is 2.80 bits per heavy atom. The number of piperidine rings is 1. The molecule has 0 bridgehead atoms. The monoisotopic (exact) mass is 256 g/mol. The van der Waals surface area contributed by atoms with E-state index in [1.807, 2.05) is 6.92 Å². The van der Waals surface area contributed by atoms with Gasteiger partial charge in [0, 0.05) is 18.6 Å². The number of nitrogens with one attached hydrogen (secondary N) is 1. The molecule has 2 fully saturated rings. The van der Waals surface area contributed by atoms with Gasteiger partial charge in [0.05, 0.1) is 6.10 Å². The summed E-state index contributed by atoms with van der Waals surface area (Å²) >= 11 is 0. The zero-order valence-electron chi connectivity index (χ0n) is 9.19. The van der Waals surface area contributed by atoms with Crippen LogP contribution in [0.5, 0.6) is 0 Å². The number of fused-ring (bicyclic) bond motifs is 1. The lowest BCUT2D eigenvalue weighted by Gasteiger charge is -2.37. The summed E-state index contributed by atoms with van der Waals surface area (Å²) in [6, 6.07) is 1.40. The van der Waals surface area contributed by atoms with Gasteiger partial charge in [-0.1, -0.05) is 0 Å². The van der Waals surface area contributed by atoms with E-state index in [1.165, 1.54) is 25.8 Å². The Morgan fingerprint density at radius 1 is 1.40 bits per heavy atom. The molecule has 5 heteroatoms. The van der Waals surface area contributed by atoms with Crippen LogP contribution in [-0.4, -0.2) is 47.8 Å². The maximum absolute atomic E-state index is 9.36. The van der Waals surface area contributed by atoms with Crippen LogP contribution in [0.2, 0.25) is 0 Å². The zero-order valence-corrected chi connectivity index (χ0v) is 10.8. The fourth-order valence-corrected chi connectivity index (χ4v) is 2.73. The summed E-state index contributed by atoms with van der Waals surface area (Å²) in [7, 11) is 0. The summed E-state index contributed by atoms with van der Waals surface area (Å²) in [5, 5.41) is 12.9. The molecule has 0 aliphatic carbocycles. The first-order valence-electron chi connectivity index (χ1n) is 5.43. The van der Waals surface area contributed by atoms with E-state index in [0.29, 0.717) is 12.1 Å². The average Bonchev–Trinajstić information content (AvgIpc) is 2.51. The van der Waals surface area contributed by atoms with Crippen LogP contribution in [0.15, 0.2) is 0 Å². The quantitative estimate of drug-likeness (QED) is 0.775. The van der Waals surface area contributed by atoms with Crippen molar-refractivity contribution in [1.29, 1.82) is 0 Å². The van der Waals surface area contributed by atoms with Crippen molar-refractivity contribution in [2.24, 2.45) is 0 Å². The van der Waals surface area contributed by atoms with E-state index < -0.39 is 0 Å². The molecular weight excluding hydrogens is 235 g/mol. The van der Waals surface area contributed by atoms with Crippen molar-refractivity contribution in [2.75, 3.05) is 19.6 Å². The molecule has 0 aromatic carbocycles. The summed E-state index contributed by atoms with van der Waals surface area (Å²) < 4.78 is 0. The number of hydrogen-bond donors (Lipinski definition) is 2. The van der Waals surface area contributed by atoms with Crippen LogP contribution in [0.25, 0.3) is 0 Å². The Balaban J connectivity index is 0.000000980. The van der Waals surface area contributed by atoms with Gasteiger partial charge < -0.3 is 10.4 Å². The number of β-amino-alcohol motifs (C(OH)–C–C–N with tert-alkyl or cyclic N) is 1. The molecule has 0 aromatic heterocycles. The van der Waals surface area contributed by atoms with E-state index in [2.05, 4.69) is 10.2 Å². The molecule has 0 saturated carbocycles. The Hall–Kier alpha value is 0.460. The van der Waals surface area contributed by atoms with Crippen molar-refractivity contribution in [3.05, 3.63) is 0 Å².